The van der Waals surface area contributed by atoms with Gasteiger partial charge in [-0.1, -0.05) is 19.8 Å². The van der Waals surface area contributed by atoms with Gasteiger partial charge in [-0.05, 0) is 6.42 Å². The first kappa shape index (κ1) is 14.9. The van der Waals surface area contributed by atoms with Crippen molar-refractivity contribution in [2.75, 3.05) is 0 Å². The molecule has 0 aliphatic heterocycles. The molecule has 0 saturated heterocycles. The molecule has 66 valence electrons. The van der Waals surface area contributed by atoms with Gasteiger partial charge in [0.05, 0.1) is 18.1 Å². The third-order valence-electron chi connectivity index (χ3n) is 1.54. The molecular formula is C7H14NNaO3. The molecular weight excluding hydrogens is 169 g/mol. The Labute approximate surface area is 94.4 Å². The fourth-order valence-corrected chi connectivity index (χ4v) is 0.750. The van der Waals surface area contributed by atoms with E-state index >= 15 is 0 Å². The molecule has 0 heterocycles. The van der Waals surface area contributed by atoms with E-state index < -0.39 is 18.1 Å². The van der Waals surface area contributed by atoms with E-state index in [4.69, 9.17) is 10.8 Å². The SMILES string of the molecule is CCCC[C@@H](O)[C@H](N)C(=O)[O-].[Na+]. The van der Waals surface area contributed by atoms with Crippen LogP contribution in [-0.2, 0) is 4.79 Å². The number of carboxylic acid groups (broad SMARTS) is 1. The number of aliphatic carboxylic acids is 1. The molecule has 0 fully saturated rings. The Morgan fingerprint density at radius 1 is 1.67 bits per heavy atom. The van der Waals surface area contributed by atoms with Gasteiger partial charge in [0, 0.05) is 0 Å². The third-order valence-corrected chi connectivity index (χ3v) is 1.54. The van der Waals surface area contributed by atoms with Gasteiger partial charge in [0.1, 0.15) is 0 Å². The zero-order valence-electron chi connectivity index (χ0n) is 7.62. The Morgan fingerprint density at radius 3 is 2.50 bits per heavy atom. The number of hydrogen-bond acceptors (Lipinski definition) is 4. The van der Waals surface area contributed by atoms with E-state index in [-0.39, 0.29) is 29.6 Å². The first-order valence-corrected chi connectivity index (χ1v) is 3.74. The molecule has 0 radical (unpaired) electrons. The van der Waals surface area contributed by atoms with Gasteiger partial charge in [-0.2, -0.15) is 0 Å². The molecule has 0 rings (SSSR count). The van der Waals surface area contributed by atoms with E-state index in [2.05, 4.69) is 0 Å². The molecule has 0 spiro atoms. The largest absolute Gasteiger partial charge is 1.00 e. The maximum Gasteiger partial charge on any atom is 1.00 e. The van der Waals surface area contributed by atoms with Gasteiger partial charge in [-0.25, -0.2) is 0 Å². The molecule has 0 unspecified atom stereocenters. The summed E-state index contributed by atoms with van der Waals surface area (Å²) in [4.78, 5) is 10.1. The first-order chi connectivity index (χ1) is 5.09. The molecule has 0 aromatic carbocycles. The van der Waals surface area contributed by atoms with Crippen molar-refractivity contribution in [2.45, 2.75) is 38.3 Å². The van der Waals surface area contributed by atoms with Crippen LogP contribution in [0, 0.1) is 0 Å². The third kappa shape index (κ3) is 5.97. The molecule has 0 saturated carbocycles. The van der Waals surface area contributed by atoms with Gasteiger partial charge in [-0.15, -0.1) is 0 Å². The summed E-state index contributed by atoms with van der Waals surface area (Å²) in [5, 5.41) is 19.2. The minimum absolute atomic E-state index is 0. The predicted molar refractivity (Wildman–Crippen MR) is 38.5 cm³/mol. The van der Waals surface area contributed by atoms with Crippen LogP contribution in [0.2, 0.25) is 0 Å². The zero-order chi connectivity index (χ0) is 8.85. The number of hydrogen-bond donors (Lipinski definition) is 2. The van der Waals surface area contributed by atoms with Gasteiger partial charge >= 0.3 is 29.6 Å². The maximum atomic E-state index is 10.1. The summed E-state index contributed by atoms with van der Waals surface area (Å²) >= 11 is 0. The minimum atomic E-state index is -1.39. The van der Waals surface area contributed by atoms with E-state index in [9.17, 15) is 9.90 Å². The number of unbranched alkanes of at least 4 members (excludes halogenated alkanes) is 1. The van der Waals surface area contributed by atoms with Crippen molar-refractivity contribution in [1.82, 2.24) is 0 Å². The zero-order valence-corrected chi connectivity index (χ0v) is 9.62. The minimum Gasteiger partial charge on any atom is -0.548 e. The van der Waals surface area contributed by atoms with Gasteiger partial charge in [0.15, 0.2) is 0 Å². The van der Waals surface area contributed by atoms with Crippen molar-refractivity contribution in [3.05, 3.63) is 0 Å². The number of carbonyl (C=O) groups excluding carboxylic acids is 1. The molecule has 0 aromatic heterocycles. The van der Waals surface area contributed by atoms with Crippen molar-refractivity contribution < 1.29 is 44.6 Å². The van der Waals surface area contributed by atoms with Crippen LogP contribution in [0.15, 0.2) is 0 Å². The van der Waals surface area contributed by atoms with Gasteiger partial charge < -0.3 is 20.7 Å². The van der Waals surface area contributed by atoms with E-state index in [1.165, 1.54) is 0 Å². The number of carboxylic acids is 1. The van der Waals surface area contributed by atoms with E-state index in [1.54, 1.807) is 0 Å². The molecule has 3 N–H and O–H groups in total. The summed E-state index contributed by atoms with van der Waals surface area (Å²) in [5.41, 5.74) is 5.09. The fourth-order valence-electron chi connectivity index (χ4n) is 0.750. The van der Waals surface area contributed by atoms with Crippen molar-refractivity contribution in [3.8, 4) is 0 Å². The maximum absolute atomic E-state index is 10.1. The number of carbonyl (C=O) groups is 1. The molecule has 0 bridgehead atoms. The van der Waals surface area contributed by atoms with Gasteiger partial charge in [0.25, 0.3) is 0 Å². The molecule has 4 nitrogen and oxygen atoms in total. The van der Waals surface area contributed by atoms with Crippen LogP contribution in [0.25, 0.3) is 0 Å². The number of aliphatic hydroxyl groups excluding tert-OH is 1. The summed E-state index contributed by atoms with van der Waals surface area (Å²) in [6.07, 6.45) is 1.14. The number of nitrogens with two attached hydrogens (primary N) is 1. The van der Waals surface area contributed by atoms with Crippen molar-refractivity contribution >= 4 is 5.97 Å². The number of rotatable bonds is 5. The second kappa shape index (κ2) is 8.01. The fraction of sp³-hybridized carbons (Fsp3) is 0.857. The predicted octanol–water partition coefficient (Wildman–Crippen LogP) is -4.38. The number of aliphatic hydroxyl groups is 1. The summed E-state index contributed by atoms with van der Waals surface area (Å²) in [6.45, 7) is 1.96. The normalized spacial score (nSPS) is 14.6. The molecule has 0 aliphatic carbocycles. The van der Waals surface area contributed by atoms with Crippen LogP contribution in [0.1, 0.15) is 26.2 Å². The van der Waals surface area contributed by atoms with E-state index in [1.807, 2.05) is 6.92 Å². The molecule has 5 heteroatoms. The standard InChI is InChI=1S/C7H15NO3.Na/c1-2-3-4-5(9)6(8)7(10)11;/h5-6,9H,2-4,8H2,1H3,(H,10,11);/q;+1/p-1/t5-,6+;/m1./s1. The Kier molecular flexibility index (Phi) is 9.94. The summed E-state index contributed by atoms with van der Waals surface area (Å²) in [6, 6.07) is -1.25. The van der Waals surface area contributed by atoms with Crippen molar-refractivity contribution in [1.29, 1.82) is 0 Å². The molecule has 0 amide bonds. The van der Waals surface area contributed by atoms with Crippen LogP contribution in [0.3, 0.4) is 0 Å². The van der Waals surface area contributed by atoms with Gasteiger partial charge in [0.2, 0.25) is 0 Å². The summed E-state index contributed by atoms with van der Waals surface area (Å²) < 4.78 is 0. The van der Waals surface area contributed by atoms with Crippen LogP contribution in [-0.4, -0.2) is 23.2 Å². The van der Waals surface area contributed by atoms with E-state index in [0.29, 0.717) is 6.42 Å². The Bertz CT molecular complexity index is 132. The smallest absolute Gasteiger partial charge is 0.548 e. The van der Waals surface area contributed by atoms with Crippen molar-refractivity contribution in [3.63, 3.8) is 0 Å². The second-order valence-electron chi connectivity index (χ2n) is 2.55. The molecule has 0 aliphatic rings. The van der Waals surface area contributed by atoms with Crippen LogP contribution in [0.4, 0.5) is 0 Å². The van der Waals surface area contributed by atoms with Crippen LogP contribution in [0.5, 0.6) is 0 Å². The Balaban J connectivity index is 0. The quantitative estimate of drug-likeness (QED) is 0.421. The summed E-state index contributed by atoms with van der Waals surface area (Å²) in [5.74, 6) is -1.39. The average Bonchev–Trinajstić information content (AvgIpc) is 1.98. The van der Waals surface area contributed by atoms with Crippen molar-refractivity contribution in [2.24, 2.45) is 5.73 Å². The van der Waals surface area contributed by atoms with Gasteiger partial charge in [-0.3, -0.25) is 0 Å². The van der Waals surface area contributed by atoms with Crippen LogP contribution >= 0.6 is 0 Å². The Morgan fingerprint density at radius 2 is 2.17 bits per heavy atom. The van der Waals surface area contributed by atoms with Crippen LogP contribution < -0.4 is 40.4 Å². The monoisotopic (exact) mass is 183 g/mol. The average molecular weight is 183 g/mol. The second-order valence-corrected chi connectivity index (χ2v) is 2.55. The van der Waals surface area contributed by atoms with E-state index in [0.717, 1.165) is 12.8 Å². The summed E-state index contributed by atoms with van der Waals surface area (Å²) in [7, 11) is 0. The molecule has 0 aromatic rings. The first-order valence-electron chi connectivity index (χ1n) is 3.74. The molecule has 12 heavy (non-hydrogen) atoms. The topological polar surface area (TPSA) is 86.4 Å². The Hall–Kier alpha value is 0.390. The molecule has 2 atom stereocenters.